The Morgan fingerprint density at radius 3 is 2.35 bits per heavy atom. The van der Waals surface area contributed by atoms with Gasteiger partial charge in [0.25, 0.3) is 0 Å². The topological polar surface area (TPSA) is 56.3 Å². The SMILES string of the molecule is COC(=O)c1ccc(C(=O)c2ccc(C)c3cccnc23)cc1. The van der Waals surface area contributed by atoms with Crippen molar-refractivity contribution >= 4 is 22.7 Å². The van der Waals surface area contributed by atoms with Crippen LogP contribution in [0.1, 0.15) is 31.8 Å². The van der Waals surface area contributed by atoms with Gasteiger partial charge in [0.1, 0.15) is 0 Å². The minimum Gasteiger partial charge on any atom is -0.465 e. The largest absolute Gasteiger partial charge is 0.465 e. The Morgan fingerprint density at radius 2 is 1.65 bits per heavy atom. The fraction of sp³-hybridized carbons (Fsp3) is 0.105. The summed E-state index contributed by atoms with van der Waals surface area (Å²) >= 11 is 0. The van der Waals surface area contributed by atoms with Gasteiger partial charge in [0, 0.05) is 22.7 Å². The summed E-state index contributed by atoms with van der Waals surface area (Å²) in [5.74, 6) is -0.545. The molecule has 0 aliphatic carbocycles. The number of carbonyl (C=O) groups excluding carboxylic acids is 2. The molecular weight excluding hydrogens is 290 g/mol. The number of rotatable bonds is 3. The normalized spacial score (nSPS) is 10.5. The van der Waals surface area contributed by atoms with E-state index in [1.54, 1.807) is 36.5 Å². The number of ether oxygens (including phenoxy) is 1. The number of hydrogen-bond donors (Lipinski definition) is 0. The molecule has 2 aromatic carbocycles. The molecule has 23 heavy (non-hydrogen) atoms. The Hall–Kier alpha value is -3.01. The third-order valence-corrected chi connectivity index (χ3v) is 3.80. The molecule has 4 heteroatoms. The summed E-state index contributed by atoms with van der Waals surface area (Å²) in [4.78, 5) is 28.6. The van der Waals surface area contributed by atoms with Crippen LogP contribution in [0.5, 0.6) is 0 Å². The van der Waals surface area contributed by atoms with Gasteiger partial charge < -0.3 is 4.74 Å². The van der Waals surface area contributed by atoms with E-state index in [-0.39, 0.29) is 5.78 Å². The molecule has 114 valence electrons. The molecule has 1 aromatic heterocycles. The summed E-state index contributed by atoms with van der Waals surface area (Å²) < 4.78 is 4.66. The Balaban J connectivity index is 2.04. The van der Waals surface area contributed by atoms with Crippen molar-refractivity contribution in [3.05, 3.63) is 77.0 Å². The van der Waals surface area contributed by atoms with E-state index in [1.807, 2.05) is 25.1 Å². The molecule has 0 unspecified atom stereocenters. The number of pyridine rings is 1. The highest BCUT2D eigenvalue weighted by Crippen LogP contribution is 2.22. The van der Waals surface area contributed by atoms with Gasteiger partial charge >= 0.3 is 5.97 Å². The van der Waals surface area contributed by atoms with Crippen LogP contribution in [0.4, 0.5) is 0 Å². The van der Waals surface area contributed by atoms with Crippen LogP contribution in [0.3, 0.4) is 0 Å². The second-order valence-corrected chi connectivity index (χ2v) is 5.23. The van der Waals surface area contributed by atoms with Gasteiger partial charge in [-0.05, 0) is 36.8 Å². The van der Waals surface area contributed by atoms with E-state index in [0.717, 1.165) is 10.9 Å². The van der Waals surface area contributed by atoms with Gasteiger partial charge in [0.2, 0.25) is 0 Å². The van der Waals surface area contributed by atoms with Gasteiger partial charge in [-0.1, -0.05) is 24.3 Å². The molecule has 0 radical (unpaired) electrons. The van der Waals surface area contributed by atoms with Crippen LogP contribution in [0.25, 0.3) is 10.9 Å². The zero-order valence-electron chi connectivity index (χ0n) is 12.9. The maximum Gasteiger partial charge on any atom is 0.337 e. The lowest BCUT2D eigenvalue weighted by Crippen LogP contribution is -2.05. The molecule has 0 aliphatic heterocycles. The first-order valence-corrected chi connectivity index (χ1v) is 7.19. The number of fused-ring (bicyclic) bond motifs is 1. The Labute approximate surface area is 133 Å². The summed E-state index contributed by atoms with van der Waals surface area (Å²) in [6.45, 7) is 1.99. The van der Waals surface area contributed by atoms with Gasteiger partial charge in [-0.25, -0.2) is 4.79 Å². The second kappa shape index (κ2) is 6.01. The van der Waals surface area contributed by atoms with Crippen molar-refractivity contribution in [2.75, 3.05) is 7.11 Å². The lowest BCUT2D eigenvalue weighted by atomic mass is 9.97. The van der Waals surface area contributed by atoms with Gasteiger partial charge in [-0.2, -0.15) is 0 Å². The van der Waals surface area contributed by atoms with Crippen LogP contribution >= 0.6 is 0 Å². The molecule has 0 amide bonds. The van der Waals surface area contributed by atoms with Gasteiger partial charge in [-0.15, -0.1) is 0 Å². The molecule has 0 atom stereocenters. The van der Waals surface area contributed by atoms with Gasteiger partial charge in [-0.3, -0.25) is 9.78 Å². The second-order valence-electron chi connectivity index (χ2n) is 5.23. The van der Waals surface area contributed by atoms with Crippen LogP contribution in [0, 0.1) is 6.92 Å². The lowest BCUT2D eigenvalue weighted by Gasteiger charge is -2.08. The molecule has 0 saturated carbocycles. The maximum atomic E-state index is 12.8. The summed E-state index contributed by atoms with van der Waals surface area (Å²) in [7, 11) is 1.32. The highest BCUT2D eigenvalue weighted by molar-refractivity contribution is 6.16. The summed E-state index contributed by atoms with van der Waals surface area (Å²) in [5.41, 5.74) is 3.24. The van der Waals surface area contributed by atoms with Crippen molar-refractivity contribution in [1.82, 2.24) is 4.98 Å². The number of carbonyl (C=O) groups is 2. The Morgan fingerprint density at radius 1 is 0.957 bits per heavy atom. The highest BCUT2D eigenvalue weighted by atomic mass is 16.5. The van der Waals surface area contributed by atoms with Crippen LogP contribution in [0.2, 0.25) is 0 Å². The van der Waals surface area contributed by atoms with E-state index < -0.39 is 5.97 Å². The van der Waals surface area contributed by atoms with E-state index >= 15 is 0 Å². The molecule has 4 nitrogen and oxygen atoms in total. The minimum atomic E-state index is -0.425. The minimum absolute atomic E-state index is 0.120. The molecule has 0 fully saturated rings. The van der Waals surface area contributed by atoms with Crippen molar-refractivity contribution in [3.8, 4) is 0 Å². The van der Waals surface area contributed by atoms with E-state index in [9.17, 15) is 9.59 Å². The van der Waals surface area contributed by atoms with Gasteiger partial charge in [0.15, 0.2) is 5.78 Å². The maximum absolute atomic E-state index is 12.8. The molecule has 0 spiro atoms. The average molecular weight is 305 g/mol. The predicted octanol–water partition coefficient (Wildman–Crippen LogP) is 3.56. The molecule has 0 N–H and O–H groups in total. The number of nitrogens with zero attached hydrogens (tertiary/aromatic N) is 1. The Bertz CT molecular complexity index is 898. The molecule has 0 bridgehead atoms. The number of aryl methyl sites for hydroxylation is 1. The molecule has 1 heterocycles. The fourth-order valence-electron chi connectivity index (χ4n) is 2.53. The van der Waals surface area contributed by atoms with E-state index in [2.05, 4.69) is 9.72 Å². The molecular formula is C19H15NO3. The van der Waals surface area contributed by atoms with Crippen LogP contribution < -0.4 is 0 Å². The number of hydrogen-bond acceptors (Lipinski definition) is 4. The summed E-state index contributed by atoms with van der Waals surface area (Å²) in [6, 6.07) is 13.9. The van der Waals surface area contributed by atoms with Crippen molar-refractivity contribution in [2.24, 2.45) is 0 Å². The summed E-state index contributed by atoms with van der Waals surface area (Å²) in [6.07, 6.45) is 1.68. The molecule has 0 saturated heterocycles. The van der Waals surface area contributed by atoms with E-state index in [1.165, 1.54) is 7.11 Å². The molecule has 3 aromatic rings. The quantitative estimate of drug-likeness (QED) is 0.548. The third kappa shape index (κ3) is 2.71. The van der Waals surface area contributed by atoms with Crippen molar-refractivity contribution in [1.29, 1.82) is 0 Å². The van der Waals surface area contributed by atoms with E-state index in [0.29, 0.717) is 22.2 Å². The first-order valence-electron chi connectivity index (χ1n) is 7.19. The van der Waals surface area contributed by atoms with Crippen molar-refractivity contribution in [2.45, 2.75) is 6.92 Å². The van der Waals surface area contributed by atoms with Crippen molar-refractivity contribution in [3.63, 3.8) is 0 Å². The average Bonchev–Trinajstić information content (AvgIpc) is 2.61. The standard InChI is InChI=1S/C19H15NO3/c1-12-5-10-16(17-15(12)4-3-11-20-17)18(21)13-6-8-14(9-7-13)19(22)23-2/h3-11H,1-2H3. The van der Waals surface area contributed by atoms with Crippen LogP contribution in [-0.4, -0.2) is 23.8 Å². The first-order chi connectivity index (χ1) is 11.1. The van der Waals surface area contributed by atoms with E-state index in [4.69, 9.17) is 0 Å². The predicted molar refractivity (Wildman–Crippen MR) is 87.7 cm³/mol. The smallest absolute Gasteiger partial charge is 0.337 e. The monoisotopic (exact) mass is 305 g/mol. The number of benzene rings is 2. The zero-order valence-corrected chi connectivity index (χ0v) is 12.9. The van der Waals surface area contributed by atoms with Crippen LogP contribution in [0.15, 0.2) is 54.7 Å². The molecule has 0 aliphatic rings. The van der Waals surface area contributed by atoms with Crippen molar-refractivity contribution < 1.29 is 14.3 Å². The fourth-order valence-corrected chi connectivity index (χ4v) is 2.53. The lowest BCUT2D eigenvalue weighted by molar-refractivity contribution is 0.0600. The number of aromatic nitrogens is 1. The summed E-state index contributed by atoms with van der Waals surface area (Å²) in [5, 5.41) is 0.963. The zero-order chi connectivity index (χ0) is 16.4. The number of esters is 1. The van der Waals surface area contributed by atoms with Crippen LogP contribution in [-0.2, 0) is 4.74 Å². The number of ketones is 1. The third-order valence-electron chi connectivity index (χ3n) is 3.80. The Kier molecular flexibility index (Phi) is 3.89. The number of methoxy groups -OCH3 is 1. The van der Waals surface area contributed by atoms with Gasteiger partial charge in [0.05, 0.1) is 18.2 Å². The highest BCUT2D eigenvalue weighted by Gasteiger charge is 2.15. The molecule has 3 rings (SSSR count). The first kappa shape index (κ1) is 14.9.